The average molecular weight is 370 g/mol. The van der Waals surface area contributed by atoms with E-state index in [0.717, 1.165) is 0 Å². The fourth-order valence-electron chi connectivity index (χ4n) is 0.932. The lowest BCUT2D eigenvalue weighted by Crippen LogP contribution is -2.60. The number of aliphatic hydroxyl groups is 2. The molecule has 22 heavy (non-hydrogen) atoms. The molecule has 0 atom stereocenters. The second-order valence-electron chi connectivity index (χ2n) is 3.75. The minimum absolute atomic E-state index is 0.128. The Labute approximate surface area is 124 Å². The Balaban J connectivity index is 0. The van der Waals surface area contributed by atoms with Crippen molar-refractivity contribution >= 4 is 11.8 Å². The van der Waals surface area contributed by atoms with Crippen molar-refractivity contribution in [3.05, 3.63) is 0 Å². The van der Waals surface area contributed by atoms with Gasteiger partial charge >= 0.3 is 23.9 Å². The van der Waals surface area contributed by atoms with E-state index >= 15 is 0 Å². The lowest BCUT2D eigenvalue weighted by atomic mass is 10.0. The molecule has 0 spiro atoms. The minimum Gasteiger partial charge on any atom is -0.397 e. The number of rotatable bonds is 7. The van der Waals surface area contributed by atoms with Gasteiger partial charge in [0.05, 0.1) is 6.61 Å². The summed E-state index contributed by atoms with van der Waals surface area (Å²) in [6.07, 6.45) is -8.64. The number of hydrogen-bond acceptors (Lipinski definition) is 3. The summed E-state index contributed by atoms with van der Waals surface area (Å²) in [6.45, 7) is 1.46. The smallest absolute Gasteiger partial charge is 0.397 e. The molecule has 0 aromatic heterocycles. The Morgan fingerprint density at radius 1 is 0.773 bits per heavy atom. The van der Waals surface area contributed by atoms with Crippen LogP contribution in [-0.4, -0.2) is 58.9 Å². The number of thioether (sulfide) groups is 1. The second-order valence-corrected chi connectivity index (χ2v) is 4.98. The van der Waals surface area contributed by atoms with Crippen molar-refractivity contribution in [3.8, 4) is 0 Å². The molecule has 0 aromatic rings. The van der Waals surface area contributed by atoms with Crippen molar-refractivity contribution in [2.75, 3.05) is 24.7 Å². The standard InChI is InChI=1S/C8H9F9OS.C2H6O/c9-5(10,1-3-19-4-2-18)6(11,12)7(13,14)8(15,16)17;1-2-3/h18H,1-4H2;3H,2H2,1H3. The molecule has 0 heterocycles. The van der Waals surface area contributed by atoms with Crippen LogP contribution in [-0.2, 0) is 0 Å². The number of halogens is 9. The van der Waals surface area contributed by atoms with Gasteiger partial charge in [0, 0.05) is 18.8 Å². The fraction of sp³-hybridized carbons (Fsp3) is 1.00. The van der Waals surface area contributed by atoms with Gasteiger partial charge in [0.2, 0.25) is 0 Å². The number of aliphatic hydroxyl groups excluding tert-OH is 2. The summed E-state index contributed by atoms with van der Waals surface area (Å²) < 4.78 is 111. The molecule has 0 bridgehead atoms. The van der Waals surface area contributed by atoms with Crippen LogP contribution in [0.1, 0.15) is 13.3 Å². The first-order chi connectivity index (χ1) is 9.72. The molecule has 0 amide bonds. The number of alkyl halides is 9. The first-order valence-electron chi connectivity index (χ1n) is 5.72. The van der Waals surface area contributed by atoms with Crippen LogP contribution in [0.2, 0.25) is 0 Å². The van der Waals surface area contributed by atoms with Crippen molar-refractivity contribution in [2.24, 2.45) is 0 Å². The molecule has 0 aliphatic rings. The monoisotopic (exact) mass is 370 g/mol. The van der Waals surface area contributed by atoms with Gasteiger partial charge in [-0.1, -0.05) is 0 Å². The van der Waals surface area contributed by atoms with Crippen LogP contribution >= 0.6 is 11.8 Å². The Kier molecular flexibility index (Phi) is 9.84. The highest BCUT2D eigenvalue weighted by Gasteiger charge is 2.81. The topological polar surface area (TPSA) is 40.5 Å². The highest BCUT2D eigenvalue weighted by Crippen LogP contribution is 2.54. The molecule has 2 nitrogen and oxygen atoms in total. The summed E-state index contributed by atoms with van der Waals surface area (Å²) in [4.78, 5) is 0. The van der Waals surface area contributed by atoms with Gasteiger partial charge in [0.25, 0.3) is 0 Å². The molecule has 0 unspecified atom stereocenters. The van der Waals surface area contributed by atoms with Gasteiger partial charge in [-0.15, -0.1) is 0 Å². The van der Waals surface area contributed by atoms with Crippen molar-refractivity contribution in [1.82, 2.24) is 0 Å². The van der Waals surface area contributed by atoms with E-state index in [1.165, 1.54) is 0 Å². The third-order valence-electron chi connectivity index (χ3n) is 2.01. The molecule has 0 radical (unpaired) electrons. The lowest BCUT2D eigenvalue weighted by molar-refractivity contribution is -0.396. The molecule has 136 valence electrons. The zero-order chi connectivity index (χ0) is 18.2. The third kappa shape index (κ3) is 6.03. The number of hydrogen-bond donors (Lipinski definition) is 2. The normalized spacial score (nSPS) is 13.6. The van der Waals surface area contributed by atoms with E-state index in [0.29, 0.717) is 11.8 Å². The maximum absolute atomic E-state index is 12.8. The molecule has 0 fully saturated rings. The molecular formula is C10H15F9O2S. The van der Waals surface area contributed by atoms with Gasteiger partial charge in [-0.05, 0) is 12.7 Å². The summed E-state index contributed by atoms with van der Waals surface area (Å²) in [5.41, 5.74) is 0. The van der Waals surface area contributed by atoms with E-state index in [1.807, 2.05) is 0 Å². The summed E-state index contributed by atoms with van der Waals surface area (Å²) in [5, 5.41) is 15.8. The maximum atomic E-state index is 12.8. The first-order valence-corrected chi connectivity index (χ1v) is 6.88. The summed E-state index contributed by atoms with van der Waals surface area (Å²) >= 11 is 0.525. The molecule has 0 rings (SSSR count). The highest BCUT2D eigenvalue weighted by atomic mass is 32.2. The van der Waals surface area contributed by atoms with Gasteiger partial charge in [0.1, 0.15) is 0 Å². The van der Waals surface area contributed by atoms with Gasteiger partial charge in [-0.25, -0.2) is 0 Å². The first kappa shape index (κ1) is 23.9. The van der Waals surface area contributed by atoms with Crippen LogP contribution in [0.15, 0.2) is 0 Å². The molecule has 0 aliphatic carbocycles. The van der Waals surface area contributed by atoms with E-state index in [-0.39, 0.29) is 12.4 Å². The molecule has 12 heteroatoms. The van der Waals surface area contributed by atoms with Gasteiger partial charge < -0.3 is 10.2 Å². The molecule has 0 saturated carbocycles. The quantitative estimate of drug-likeness (QED) is 0.532. The molecule has 0 aromatic carbocycles. The third-order valence-corrected chi connectivity index (χ3v) is 2.97. The Morgan fingerprint density at radius 3 is 1.50 bits per heavy atom. The zero-order valence-corrected chi connectivity index (χ0v) is 12.1. The van der Waals surface area contributed by atoms with E-state index in [1.54, 1.807) is 6.92 Å². The summed E-state index contributed by atoms with van der Waals surface area (Å²) in [5.74, 6) is -19.8. The van der Waals surface area contributed by atoms with Crippen molar-refractivity contribution in [1.29, 1.82) is 0 Å². The van der Waals surface area contributed by atoms with E-state index < -0.39 is 42.7 Å². The maximum Gasteiger partial charge on any atom is 0.460 e. The van der Waals surface area contributed by atoms with E-state index in [2.05, 4.69) is 0 Å². The largest absolute Gasteiger partial charge is 0.460 e. The average Bonchev–Trinajstić information content (AvgIpc) is 2.34. The molecular weight excluding hydrogens is 355 g/mol. The van der Waals surface area contributed by atoms with E-state index in [4.69, 9.17) is 10.2 Å². The summed E-state index contributed by atoms with van der Waals surface area (Å²) in [6, 6.07) is 0. The van der Waals surface area contributed by atoms with Crippen LogP contribution in [0.5, 0.6) is 0 Å². The van der Waals surface area contributed by atoms with Crippen LogP contribution < -0.4 is 0 Å². The summed E-state index contributed by atoms with van der Waals surface area (Å²) in [7, 11) is 0. The van der Waals surface area contributed by atoms with Crippen LogP contribution in [0.25, 0.3) is 0 Å². The van der Waals surface area contributed by atoms with E-state index in [9.17, 15) is 39.5 Å². The van der Waals surface area contributed by atoms with Crippen LogP contribution in [0.3, 0.4) is 0 Å². The van der Waals surface area contributed by atoms with Gasteiger partial charge in [-0.2, -0.15) is 51.3 Å². The minimum atomic E-state index is -6.83. The molecule has 0 saturated heterocycles. The highest BCUT2D eigenvalue weighted by molar-refractivity contribution is 7.99. The fourth-order valence-corrected chi connectivity index (χ4v) is 1.67. The molecule has 0 aliphatic heterocycles. The van der Waals surface area contributed by atoms with Crippen molar-refractivity contribution in [2.45, 2.75) is 37.3 Å². The van der Waals surface area contributed by atoms with Crippen molar-refractivity contribution in [3.63, 3.8) is 0 Å². The van der Waals surface area contributed by atoms with Crippen molar-refractivity contribution < 1.29 is 49.7 Å². The Hall–Kier alpha value is -0.360. The second kappa shape index (κ2) is 9.06. The molecule has 2 N–H and O–H groups in total. The SMILES string of the molecule is CCO.OCCSCCC(F)(F)C(F)(F)C(F)(F)C(F)(F)F. The van der Waals surface area contributed by atoms with Gasteiger partial charge in [0.15, 0.2) is 0 Å². The van der Waals surface area contributed by atoms with Crippen LogP contribution in [0, 0.1) is 0 Å². The predicted octanol–water partition coefficient (Wildman–Crippen LogP) is 3.57. The Morgan fingerprint density at radius 2 is 1.18 bits per heavy atom. The Bertz CT molecular complexity index is 307. The zero-order valence-electron chi connectivity index (χ0n) is 11.2. The lowest BCUT2D eigenvalue weighted by Gasteiger charge is -2.33. The predicted molar refractivity (Wildman–Crippen MR) is 62.7 cm³/mol. The van der Waals surface area contributed by atoms with Crippen LogP contribution in [0.4, 0.5) is 39.5 Å². The van der Waals surface area contributed by atoms with Gasteiger partial charge in [-0.3, -0.25) is 0 Å².